The lowest BCUT2D eigenvalue weighted by molar-refractivity contribution is -0.117. The quantitative estimate of drug-likeness (QED) is 0.334. The standard InChI is InChI=1S/C22H23BrN2O3/c1-2-27-12-6-11-25-22(26)19(15-24)13-18-14-20(23)9-10-21(18)28-16-17-7-4-3-5-8-17/h3-5,7-10,13-14H,2,6,11-12,16H2,1H3,(H,25,26)/b19-13+. The number of amides is 1. The van der Waals surface area contributed by atoms with Gasteiger partial charge in [-0.15, -0.1) is 0 Å². The zero-order valence-electron chi connectivity index (χ0n) is 15.8. The van der Waals surface area contributed by atoms with Gasteiger partial charge in [0.2, 0.25) is 0 Å². The third kappa shape index (κ3) is 7.18. The molecule has 146 valence electrons. The molecular formula is C22H23BrN2O3. The van der Waals surface area contributed by atoms with Gasteiger partial charge in [0.25, 0.3) is 5.91 Å². The molecule has 2 aromatic carbocycles. The van der Waals surface area contributed by atoms with Gasteiger partial charge in [-0.3, -0.25) is 4.79 Å². The van der Waals surface area contributed by atoms with Crippen LogP contribution in [0.15, 0.2) is 58.6 Å². The number of hydrogen-bond donors (Lipinski definition) is 1. The Hall–Kier alpha value is -2.62. The number of nitrogens with zero attached hydrogens (tertiary/aromatic N) is 1. The fourth-order valence-corrected chi connectivity index (χ4v) is 2.80. The molecule has 0 saturated heterocycles. The molecule has 2 aromatic rings. The van der Waals surface area contributed by atoms with Crippen LogP contribution >= 0.6 is 15.9 Å². The minimum atomic E-state index is -0.409. The van der Waals surface area contributed by atoms with Crippen LogP contribution in [0.4, 0.5) is 0 Å². The molecule has 0 aliphatic rings. The van der Waals surface area contributed by atoms with Gasteiger partial charge in [0, 0.05) is 29.8 Å². The van der Waals surface area contributed by atoms with E-state index in [0.29, 0.717) is 44.1 Å². The minimum Gasteiger partial charge on any atom is -0.488 e. The van der Waals surface area contributed by atoms with E-state index in [1.165, 1.54) is 0 Å². The average Bonchev–Trinajstić information content (AvgIpc) is 2.71. The lowest BCUT2D eigenvalue weighted by Crippen LogP contribution is -2.26. The fraction of sp³-hybridized carbons (Fsp3) is 0.273. The van der Waals surface area contributed by atoms with Gasteiger partial charge in [-0.2, -0.15) is 5.26 Å². The molecule has 6 heteroatoms. The number of ether oxygens (including phenoxy) is 2. The van der Waals surface area contributed by atoms with Crippen molar-refractivity contribution in [1.29, 1.82) is 5.26 Å². The van der Waals surface area contributed by atoms with Crippen molar-refractivity contribution >= 4 is 27.9 Å². The Kier molecular flexibility index (Phi) is 9.26. The van der Waals surface area contributed by atoms with E-state index < -0.39 is 5.91 Å². The maximum atomic E-state index is 12.3. The number of nitriles is 1. The Morgan fingerprint density at radius 3 is 2.75 bits per heavy atom. The molecule has 0 spiro atoms. The van der Waals surface area contributed by atoms with Gasteiger partial charge in [0.05, 0.1) is 0 Å². The number of nitrogens with one attached hydrogen (secondary N) is 1. The van der Waals surface area contributed by atoms with Gasteiger partial charge in [0.15, 0.2) is 0 Å². The van der Waals surface area contributed by atoms with E-state index in [1.807, 2.05) is 61.5 Å². The van der Waals surface area contributed by atoms with Crippen LogP contribution in [0, 0.1) is 11.3 Å². The summed E-state index contributed by atoms with van der Waals surface area (Å²) in [7, 11) is 0. The minimum absolute atomic E-state index is 0.0269. The summed E-state index contributed by atoms with van der Waals surface area (Å²) in [5.74, 6) is 0.192. The van der Waals surface area contributed by atoms with E-state index in [0.717, 1.165) is 10.0 Å². The number of rotatable bonds is 10. The highest BCUT2D eigenvalue weighted by Gasteiger charge is 2.11. The van der Waals surface area contributed by atoms with E-state index in [-0.39, 0.29) is 5.57 Å². The molecule has 28 heavy (non-hydrogen) atoms. The SMILES string of the molecule is CCOCCCNC(=O)/C(C#N)=C/c1cc(Br)ccc1OCc1ccccc1. The van der Waals surface area contributed by atoms with Crippen molar-refractivity contribution in [2.24, 2.45) is 0 Å². The Balaban J connectivity index is 2.09. The van der Waals surface area contributed by atoms with Crippen molar-refractivity contribution in [2.75, 3.05) is 19.8 Å². The van der Waals surface area contributed by atoms with Gasteiger partial charge in [-0.25, -0.2) is 0 Å². The highest BCUT2D eigenvalue weighted by molar-refractivity contribution is 9.10. The molecule has 1 amide bonds. The molecule has 5 nitrogen and oxygen atoms in total. The second-order valence-corrected chi connectivity index (χ2v) is 6.85. The summed E-state index contributed by atoms with van der Waals surface area (Å²) < 4.78 is 12.0. The maximum Gasteiger partial charge on any atom is 0.261 e. The van der Waals surface area contributed by atoms with Crippen molar-refractivity contribution in [3.05, 3.63) is 69.7 Å². The molecule has 0 unspecified atom stereocenters. The summed E-state index contributed by atoms with van der Waals surface area (Å²) in [6.07, 6.45) is 2.24. The Bertz CT molecular complexity index is 845. The first-order valence-corrected chi connectivity index (χ1v) is 9.87. The molecule has 0 aliphatic carbocycles. The molecule has 0 aromatic heterocycles. The van der Waals surface area contributed by atoms with Crippen LogP contribution in [0.1, 0.15) is 24.5 Å². The zero-order valence-corrected chi connectivity index (χ0v) is 17.4. The number of hydrogen-bond acceptors (Lipinski definition) is 4. The maximum absolute atomic E-state index is 12.3. The third-order valence-electron chi connectivity index (χ3n) is 3.83. The summed E-state index contributed by atoms with van der Waals surface area (Å²) in [5, 5.41) is 12.2. The third-order valence-corrected chi connectivity index (χ3v) is 4.32. The van der Waals surface area contributed by atoms with Crippen LogP contribution in [0.2, 0.25) is 0 Å². The summed E-state index contributed by atoms with van der Waals surface area (Å²) in [6, 6.07) is 17.3. The van der Waals surface area contributed by atoms with E-state index in [4.69, 9.17) is 9.47 Å². The number of halogens is 1. The molecule has 0 radical (unpaired) electrons. The summed E-state index contributed by atoms with van der Waals surface area (Å²) in [5.41, 5.74) is 1.72. The first kappa shape index (κ1) is 21.7. The molecule has 0 saturated carbocycles. The van der Waals surface area contributed by atoms with Crippen molar-refractivity contribution in [1.82, 2.24) is 5.32 Å². The van der Waals surface area contributed by atoms with Crippen molar-refractivity contribution < 1.29 is 14.3 Å². The highest BCUT2D eigenvalue weighted by atomic mass is 79.9. The summed E-state index contributed by atoms with van der Waals surface area (Å²) in [4.78, 5) is 12.3. The van der Waals surface area contributed by atoms with Crippen molar-refractivity contribution in [3.8, 4) is 11.8 Å². The van der Waals surface area contributed by atoms with Crippen LogP contribution in [0.25, 0.3) is 6.08 Å². The molecular weight excluding hydrogens is 420 g/mol. The number of benzene rings is 2. The topological polar surface area (TPSA) is 71.3 Å². The zero-order chi connectivity index (χ0) is 20.2. The molecule has 2 rings (SSSR count). The van der Waals surface area contributed by atoms with Gasteiger partial charge in [0.1, 0.15) is 24.0 Å². The van der Waals surface area contributed by atoms with Crippen LogP contribution in [-0.2, 0) is 16.1 Å². The van der Waals surface area contributed by atoms with Gasteiger partial charge in [-0.05, 0) is 43.2 Å². The molecule has 0 fully saturated rings. The van der Waals surface area contributed by atoms with Crippen molar-refractivity contribution in [2.45, 2.75) is 20.0 Å². The molecule has 0 heterocycles. The monoisotopic (exact) mass is 442 g/mol. The second-order valence-electron chi connectivity index (χ2n) is 5.93. The van der Waals surface area contributed by atoms with Gasteiger partial charge in [-0.1, -0.05) is 46.3 Å². The molecule has 0 atom stereocenters. The Morgan fingerprint density at radius 2 is 2.04 bits per heavy atom. The van der Waals surface area contributed by atoms with E-state index in [1.54, 1.807) is 6.08 Å². The fourth-order valence-electron chi connectivity index (χ4n) is 2.42. The average molecular weight is 443 g/mol. The Labute approximate surface area is 174 Å². The van der Waals surface area contributed by atoms with E-state index >= 15 is 0 Å². The van der Waals surface area contributed by atoms with Crippen molar-refractivity contribution in [3.63, 3.8) is 0 Å². The Morgan fingerprint density at radius 1 is 1.25 bits per heavy atom. The molecule has 1 N–H and O–H groups in total. The summed E-state index contributed by atoms with van der Waals surface area (Å²) in [6.45, 7) is 3.99. The predicted molar refractivity (Wildman–Crippen MR) is 113 cm³/mol. The normalized spacial score (nSPS) is 11.0. The highest BCUT2D eigenvalue weighted by Crippen LogP contribution is 2.26. The number of carbonyl (C=O) groups is 1. The van der Waals surface area contributed by atoms with Crippen LogP contribution in [0.3, 0.4) is 0 Å². The number of carbonyl (C=O) groups excluding carboxylic acids is 1. The van der Waals surface area contributed by atoms with Gasteiger partial charge < -0.3 is 14.8 Å². The van der Waals surface area contributed by atoms with Crippen LogP contribution in [-0.4, -0.2) is 25.7 Å². The molecule has 0 bridgehead atoms. The first-order valence-electron chi connectivity index (χ1n) is 9.08. The van der Waals surface area contributed by atoms with E-state index in [2.05, 4.69) is 21.2 Å². The summed E-state index contributed by atoms with van der Waals surface area (Å²) >= 11 is 3.43. The first-order chi connectivity index (χ1) is 13.6. The smallest absolute Gasteiger partial charge is 0.261 e. The van der Waals surface area contributed by atoms with Crippen LogP contribution in [0.5, 0.6) is 5.75 Å². The van der Waals surface area contributed by atoms with Crippen LogP contribution < -0.4 is 10.1 Å². The lowest BCUT2D eigenvalue weighted by Gasteiger charge is -2.11. The van der Waals surface area contributed by atoms with E-state index in [9.17, 15) is 10.1 Å². The largest absolute Gasteiger partial charge is 0.488 e. The van der Waals surface area contributed by atoms with Gasteiger partial charge >= 0.3 is 0 Å². The predicted octanol–water partition coefficient (Wildman–Crippen LogP) is 4.48. The molecule has 0 aliphatic heterocycles. The lowest BCUT2D eigenvalue weighted by atomic mass is 10.1. The second kappa shape index (κ2) is 12.0.